The molecule has 0 aliphatic heterocycles. The molecular weight excluding hydrogens is 354 g/mol. The van der Waals surface area contributed by atoms with Gasteiger partial charge in [-0.3, -0.25) is 4.79 Å². The topological polar surface area (TPSA) is 48.0 Å². The van der Waals surface area contributed by atoms with Gasteiger partial charge in [0.15, 0.2) is 11.5 Å². The predicted molar refractivity (Wildman–Crippen MR) is 103 cm³/mol. The van der Waals surface area contributed by atoms with Crippen molar-refractivity contribution >= 4 is 23.6 Å². The van der Waals surface area contributed by atoms with E-state index >= 15 is 0 Å². The van der Waals surface area contributed by atoms with E-state index < -0.39 is 0 Å². The molecule has 2 rings (SSSR count). The van der Waals surface area contributed by atoms with Crippen LogP contribution in [0.4, 0.5) is 0 Å². The fourth-order valence-electron chi connectivity index (χ4n) is 2.19. The predicted octanol–water partition coefficient (Wildman–Crippen LogP) is 3.91. The van der Waals surface area contributed by atoms with E-state index in [2.05, 4.69) is 0 Å². The van der Waals surface area contributed by atoms with Crippen LogP contribution in [0.15, 0.2) is 48.5 Å². The van der Waals surface area contributed by atoms with Crippen LogP contribution < -0.4 is 14.2 Å². The van der Waals surface area contributed by atoms with Crippen LogP contribution in [0.2, 0.25) is 5.02 Å². The Morgan fingerprint density at radius 1 is 1.08 bits per heavy atom. The van der Waals surface area contributed by atoms with Crippen molar-refractivity contribution in [3.8, 4) is 17.2 Å². The zero-order valence-electron chi connectivity index (χ0n) is 15.1. The van der Waals surface area contributed by atoms with Gasteiger partial charge in [0.1, 0.15) is 12.4 Å². The molecule has 0 N–H and O–H groups in total. The number of hydrogen-bond acceptors (Lipinski definition) is 4. The second-order valence-corrected chi connectivity index (χ2v) is 5.95. The summed E-state index contributed by atoms with van der Waals surface area (Å²) in [6.45, 7) is 0.867. The summed E-state index contributed by atoms with van der Waals surface area (Å²) in [5.41, 5.74) is 0.849. The summed E-state index contributed by atoms with van der Waals surface area (Å²) in [5, 5.41) is 0.657. The first-order valence-corrected chi connectivity index (χ1v) is 8.45. The first kappa shape index (κ1) is 19.7. The molecule has 0 saturated carbocycles. The number of amides is 1. The molecule has 138 valence electrons. The number of benzene rings is 2. The highest BCUT2D eigenvalue weighted by molar-refractivity contribution is 6.30. The van der Waals surface area contributed by atoms with Gasteiger partial charge in [-0.1, -0.05) is 17.7 Å². The number of carbonyl (C=O) groups is 1. The first-order chi connectivity index (χ1) is 12.5. The molecule has 1 amide bonds. The smallest absolute Gasteiger partial charge is 0.246 e. The van der Waals surface area contributed by atoms with E-state index in [1.807, 2.05) is 12.1 Å². The zero-order valence-corrected chi connectivity index (χ0v) is 15.8. The third kappa shape index (κ3) is 5.70. The summed E-state index contributed by atoms with van der Waals surface area (Å²) in [6.07, 6.45) is 3.25. The van der Waals surface area contributed by atoms with Crippen molar-refractivity contribution in [2.45, 2.75) is 0 Å². The van der Waals surface area contributed by atoms with Gasteiger partial charge in [0.2, 0.25) is 5.91 Å². The summed E-state index contributed by atoms with van der Waals surface area (Å²) in [4.78, 5) is 13.8. The number of rotatable bonds is 8. The average molecular weight is 376 g/mol. The summed E-state index contributed by atoms with van der Waals surface area (Å²) >= 11 is 5.83. The monoisotopic (exact) mass is 375 g/mol. The van der Waals surface area contributed by atoms with E-state index in [0.717, 1.165) is 11.3 Å². The van der Waals surface area contributed by atoms with E-state index in [-0.39, 0.29) is 5.91 Å². The van der Waals surface area contributed by atoms with E-state index in [0.29, 0.717) is 29.7 Å². The van der Waals surface area contributed by atoms with Crippen LogP contribution in [-0.4, -0.2) is 45.2 Å². The number of halogens is 1. The Balaban J connectivity index is 1.86. The summed E-state index contributed by atoms with van der Waals surface area (Å²) in [6, 6.07) is 12.6. The normalized spacial score (nSPS) is 10.6. The molecule has 0 aliphatic rings. The molecule has 5 nitrogen and oxygen atoms in total. The molecular formula is C20H22ClNO4. The maximum absolute atomic E-state index is 12.2. The second kappa shape index (κ2) is 9.73. The molecule has 26 heavy (non-hydrogen) atoms. The molecule has 6 heteroatoms. The number of likely N-dealkylation sites (N-methyl/N-ethyl adjacent to an activating group) is 1. The van der Waals surface area contributed by atoms with Gasteiger partial charge in [-0.15, -0.1) is 0 Å². The van der Waals surface area contributed by atoms with Gasteiger partial charge in [0.25, 0.3) is 0 Å². The minimum absolute atomic E-state index is 0.112. The van der Waals surface area contributed by atoms with Crippen LogP contribution in [-0.2, 0) is 4.79 Å². The highest BCUT2D eigenvalue weighted by Crippen LogP contribution is 2.27. The number of nitrogens with zero attached hydrogens (tertiary/aromatic N) is 1. The maximum Gasteiger partial charge on any atom is 0.246 e. The van der Waals surface area contributed by atoms with Crippen molar-refractivity contribution < 1.29 is 19.0 Å². The van der Waals surface area contributed by atoms with E-state index in [4.69, 9.17) is 25.8 Å². The third-order valence-electron chi connectivity index (χ3n) is 3.71. The van der Waals surface area contributed by atoms with Crippen LogP contribution in [0.3, 0.4) is 0 Å². The van der Waals surface area contributed by atoms with Crippen molar-refractivity contribution in [1.82, 2.24) is 4.90 Å². The van der Waals surface area contributed by atoms with Gasteiger partial charge in [0.05, 0.1) is 20.8 Å². The van der Waals surface area contributed by atoms with Gasteiger partial charge in [-0.05, 0) is 48.0 Å². The molecule has 0 aromatic heterocycles. The minimum atomic E-state index is -0.112. The van der Waals surface area contributed by atoms with Crippen LogP contribution in [0.25, 0.3) is 6.08 Å². The SMILES string of the molecule is COc1ccc(/C=C/C(=O)N(C)CCOc2ccc(Cl)cc2)cc1OC. The molecule has 0 fully saturated rings. The first-order valence-electron chi connectivity index (χ1n) is 8.07. The van der Waals surface area contributed by atoms with Crippen LogP contribution in [0.1, 0.15) is 5.56 Å². The zero-order chi connectivity index (χ0) is 18.9. The largest absolute Gasteiger partial charge is 0.493 e. The van der Waals surface area contributed by atoms with Crippen molar-refractivity contribution in [3.05, 3.63) is 59.1 Å². The lowest BCUT2D eigenvalue weighted by Crippen LogP contribution is -2.29. The van der Waals surface area contributed by atoms with Crippen molar-refractivity contribution in [2.24, 2.45) is 0 Å². The lowest BCUT2D eigenvalue weighted by Gasteiger charge is -2.15. The second-order valence-electron chi connectivity index (χ2n) is 5.51. The number of methoxy groups -OCH3 is 2. The Hall–Kier alpha value is -2.66. The van der Waals surface area contributed by atoms with Gasteiger partial charge < -0.3 is 19.1 Å². The molecule has 0 saturated heterocycles. The van der Waals surface area contributed by atoms with E-state index in [1.54, 1.807) is 62.6 Å². The Morgan fingerprint density at radius 2 is 1.77 bits per heavy atom. The molecule has 0 heterocycles. The quantitative estimate of drug-likeness (QED) is 0.656. The highest BCUT2D eigenvalue weighted by Gasteiger charge is 2.06. The van der Waals surface area contributed by atoms with E-state index in [1.165, 1.54) is 6.08 Å². The molecule has 2 aromatic carbocycles. The van der Waals surface area contributed by atoms with E-state index in [9.17, 15) is 4.79 Å². The van der Waals surface area contributed by atoms with Gasteiger partial charge in [-0.2, -0.15) is 0 Å². The Kier molecular flexibility index (Phi) is 7.36. The highest BCUT2D eigenvalue weighted by atomic mass is 35.5. The van der Waals surface area contributed by atoms with Gasteiger partial charge in [-0.25, -0.2) is 0 Å². The number of hydrogen-bond donors (Lipinski definition) is 0. The Morgan fingerprint density at radius 3 is 2.42 bits per heavy atom. The van der Waals surface area contributed by atoms with Crippen molar-refractivity contribution in [1.29, 1.82) is 0 Å². The lowest BCUT2D eigenvalue weighted by atomic mass is 10.2. The molecule has 0 bridgehead atoms. The molecule has 2 aromatic rings. The standard InChI is InChI=1S/C20H22ClNO4/c1-22(12-13-26-17-8-6-16(21)7-9-17)20(23)11-5-15-4-10-18(24-2)19(14-15)25-3/h4-11,14H,12-13H2,1-3H3/b11-5+. The van der Waals surface area contributed by atoms with Gasteiger partial charge in [0, 0.05) is 18.1 Å². The Labute approximate surface area is 158 Å². The summed E-state index contributed by atoms with van der Waals surface area (Å²) < 4.78 is 16.0. The third-order valence-corrected chi connectivity index (χ3v) is 3.96. The summed E-state index contributed by atoms with van der Waals surface area (Å²) in [5.74, 6) is 1.87. The fraction of sp³-hybridized carbons (Fsp3) is 0.250. The molecule has 0 spiro atoms. The van der Waals surface area contributed by atoms with Crippen LogP contribution >= 0.6 is 11.6 Å². The fourth-order valence-corrected chi connectivity index (χ4v) is 2.32. The van der Waals surface area contributed by atoms with Crippen molar-refractivity contribution in [3.63, 3.8) is 0 Å². The van der Waals surface area contributed by atoms with Crippen LogP contribution in [0, 0.1) is 0 Å². The molecule has 0 unspecified atom stereocenters. The Bertz CT molecular complexity index is 759. The molecule has 0 aliphatic carbocycles. The maximum atomic E-state index is 12.2. The number of ether oxygens (including phenoxy) is 3. The van der Waals surface area contributed by atoms with Gasteiger partial charge >= 0.3 is 0 Å². The van der Waals surface area contributed by atoms with Crippen LogP contribution in [0.5, 0.6) is 17.2 Å². The number of carbonyl (C=O) groups excluding carboxylic acids is 1. The lowest BCUT2D eigenvalue weighted by molar-refractivity contribution is -0.125. The average Bonchev–Trinajstić information content (AvgIpc) is 2.67. The molecule has 0 atom stereocenters. The van der Waals surface area contributed by atoms with Crippen molar-refractivity contribution in [2.75, 3.05) is 34.4 Å². The summed E-state index contributed by atoms with van der Waals surface area (Å²) in [7, 11) is 4.88. The minimum Gasteiger partial charge on any atom is -0.493 e. The molecule has 0 radical (unpaired) electrons.